The van der Waals surface area contributed by atoms with Crippen molar-refractivity contribution in [1.82, 2.24) is 14.8 Å². The third-order valence-electron chi connectivity index (χ3n) is 4.11. The molecule has 3 aromatic rings. The lowest BCUT2D eigenvalue weighted by Gasteiger charge is -2.17. The van der Waals surface area contributed by atoms with Crippen molar-refractivity contribution in [2.75, 3.05) is 0 Å². The Hall–Kier alpha value is -2.69. The Bertz CT molecular complexity index is 950. The van der Waals surface area contributed by atoms with Crippen LogP contribution in [0, 0.1) is 5.82 Å². The quantitative estimate of drug-likeness (QED) is 0.749. The lowest BCUT2D eigenvalue weighted by atomic mass is 9.91. The number of aryl methyl sites for hydroxylation is 1. The molecule has 5 heteroatoms. The van der Waals surface area contributed by atoms with Crippen LogP contribution in [0.25, 0.3) is 22.3 Å². The van der Waals surface area contributed by atoms with Crippen molar-refractivity contribution < 1.29 is 4.39 Å². The van der Waals surface area contributed by atoms with Crippen LogP contribution in [0.1, 0.15) is 24.1 Å². The topological polar surface area (TPSA) is 50.7 Å². The number of halogens is 1. The van der Waals surface area contributed by atoms with Gasteiger partial charge in [0.05, 0.1) is 16.8 Å². The molecule has 1 N–H and O–H groups in total. The molecule has 0 aliphatic heterocycles. The van der Waals surface area contributed by atoms with Crippen molar-refractivity contribution in [3.05, 3.63) is 64.3 Å². The first-order valence-corrected chi connectivity index (χ1v) is 7.22. The number of aromatic amines is 1. The number of pyridine rings is 1. The first-order valence-electron chi connectivity index (χ1n) is 7.22. The van der Waals surface area contributed by atoms with Crippen molar-refractivity contribution in [2.45, 2.75) is 19.3 Å². The molecule has 4 rings (SSSR count). The van der Waals surface area contributed by atoms with Crippen LogP contribution in [0.15, 0.2) is 41.7 Å². The van der Waals surface area contributed by atoms with Gasteiger partial charge in [-0.3, -0.25) is 9.89 Å². The SMILES string of the molecule is C=C1CCCc2nc3c(cc21)c(=O)[nH]n3-c1ccc(F)cc1. The van der Waals surface area contributed by atoms with Crippen molar-refractivity contribution in [1.29, 1.82) is 0 Å². The summed E-state index contributed by atoms with van der Waals surface area (Å²) in [4.78, 5) is 16.9. The van der Waals surface area contributed by atoms with Crippen LogP contribution in [0.5, 0.6) is 0 Å². The van der Waals surface area contributed by atoms with Crippen molar-refractivity contribution in [2.24, 2.45) is 0 Å². The summed E-state index contributed by atoms with van der Waals surface area (Å²) in [5.74, 6) is -0.316. The van der Waals surface area contributed by atoms with Gasteiger partial charge in [0, 0.05) is 0 Å². The number of H-pyrrole nitrogens is 1. The number of nitrogens with zero attached hydrogens (tertiary/aromatic N) is 2. The number of nitrogens with one attached hydrogen (secondary N) is 1. The summed E-state index contributed by atoms with van der Waals surface area (Å²) in [5, 5.41) is 3.31. The van der Waals surface area contributed by atoms with E-state index in [1.165, 1.54) is 12.1 Å². The second kappa shape index (κ2) is 4.66. The summed E-state index contributed by atoms with van der Waals surface area (Å²) in [7, 11) is 0. The molecule has 4 nitrogen and oxygen atoms in total. The Kier molecular flexibility index (Phi) is 2.76. The van der Waals surface area contributed by atoms with Crippen LogP contribution in [-0.4, -0.2) is 14.8 Å². The highest BCUT2D eigenvalue weighted by Crippen LogP contribution is 2.30. The number of allylic oxidation sites excluding steroid dienone is 1. The van der Waals surface area contributed by atoms with Gasteiger partial charge in [-0.2, -0.15) is 0 Å². The average Bonchev–Trinajstić information content (AvgIpc) is 2.83. The predicted octanol–water partition coefficient (Wildman–Crippen LogP) is 3.20. The maximum absolute atomic E-state index is 13.1. The number of rotatable bonds is 1. The molecule has 0 saturated carbocycles. The van der Waals surface area contributed by atoms with E-state index in [9.17, 15) is 9.18 Å². The number of benzene rings is 1. The van der Waals surface area contributed by atoms with Gasteiger partial charge in [-0.25, -0.2) is 14.1 Å². The van der Waals surface area contributed by atoms with Crippen molar-refractivity contribution in [3.8, 4) is 5.69 Å². The molecule has 110 valence electrons. The highest BCUT2D eigenvalue weighted by molar-refractivity contribution is 5.82. The van der Waals surface area contributed by atoms with Crippen LogP contribution in [0.2, 0.25) is 0 Å². The highest BCUT2D eigenvalue weighted by Gasteiger charge is 2.18. The van der Waals surface area contributed by atoms with E-state index < -0.39 is 0 Å². The average molecular weight is 295 g/mol. The van der Waals surface area contributed by atoms with Gasteiger partial charge < -0.3 is 0 Å². The van der Waals surface area contributed by atoms with Gasteiger partial charge in [-0.15, -0.1) is 0 Å². The zero-order chi connectivity index (χ0) is 15.3. The van der Waals surface area contributed by atoms with Crippen LogP contribution in [0.4, 0.5) is 4.39 Å². The van der Waals surface area contributed by atoms with Crippen LogP contribution < -0.4 is 5.56 Å². The summed E-state index contributed by atoms with van der Waals surface area (Å²) in [5.41, 5.74) is 4.04. The van der Waals surface area contributed by atoms with E-state index in [1.807, 2.05) is 6.07 Å². The summed E-state index contributed by atoms with van der Waals surface area (Å²) in [6, 6.07) is 7.83. The maximum atomic E-state index is 13.1. The standard InChI is InChI=1S/C17H14FN3O/c1-10-3-2-4-15-13(10)9-14-16(19-15)21(20-17(14)22)12-7-5-11(18)6-8-12/h5-9H,1-4H2,(H,20,22). The second-order valence-corrected chi connectivity index (χ2v) is 5.56. The molecule has 2 heterocycles. The summed E-state index contributed by atoms with van der Waals surface area (Å²) < 4.78 is 14.7. The predicted molar refractivity (Wildman–Crippen MR) is 83.6 cm³/mol. The van der Waals surface area contributed by atoms with Gasteiger partial charge in [0.1, 0.15) is 5.82 Å². The first kappa shape index (κ1) is 13.0. The minimum absolute atomic E-state index is 0.201. The normalized spacial score (nSPS) is 14.3. The fraction of sp³-hybridized carbons (Fsp3) is 0.176. The molecule has 0 radical (unpaired) electrons. The maximum Gasteiger partial charge on any atom is 0.274 e. The molecule has 2 aromatic heterocycles. The number of hydrogen-bond acceptors (Lipinski definition) is 2. The molecule has 1 aliphatic rings. The van der Waals surface area contributed by atoms with Crippen molar-refractivity contribution in [3.63, 3.8) is 0 Å². The van der Waals surface area contributed by atoms with E-state index >= 15 is 0 Å². The Labute approximate surface area is 125 Å². The zero-order valence-electron chi connectivity index (χ0n) is 11.9. The van der Waals surface area contributed by atoms with Crippen LogP contribution in [0.3, 0.4) is 0 Å². The monoisotopic (exact) mass is 295 g/mol. The van der Waals surface area contributed by atoms with E-state index in [4.69, 9.17) is 0 Å². The summed E-state index contributed by atoms with van der Waals surface area (Å²) in [6.07, 6.45) is 2.85. The van der Waals surface area contributed by atoms with E-state index in [0.717, 1.165) is 36.1 Å². The Morgan fingerprint density at radius 3 is 2.77 bits per heavy atom. The molecule has 0 saturated heterocycles. The molecule has 0 bridgehead atoms. The molecule has 0 amide bonds. The molecule has 0 spiro atoms. The van der Waals surface area contributed by atoms with Gasteiger partial charge in [0.25, 0.3) is 5.56 Å². The van der Waals surface area contributed by atoms with E-state index in [2.05, 4.69) is 16.7 Å². The Balaban J connectivity index is 1.99. The number of aromatic nitrogens is 3. The van der Waals surface area contributed by atoms with Crippen LogP contribution in [-0.2, 0) is 6.42 Å². The molecular formula is C17H14FN3O. The molecule has 0 atom stereocenters. The van der Waals surface area contributed by atoms with Gasteiger partial charge in [-0.05, 0) is 60.7 Å². The smallest absolute Gasteiger partial charge is 0.267 e. The minimum atomic E-state index is -0.316. The van der Waals surface area contributed by atoms with Gasteiger partial charge in [0.2, 0.25) is 0 Å². The highest BCUT2D eigenvalue weighted by atomic mass is 19.1. The number of fused-ring (bicyclic) bond motifs is 2. The fourth-order valence-electron chi connectivity index (χ4n) is 2.97. The Morgan fingerprint density at radius 1 is 1.23 bits per heavy atom. The molecular weight excluding hydrogens is 281 g/mol. The summed E-state index contributed by atoms with van der Waals surface area (Å²) >= 11 is 0. The molecule has 22 heavy (non-hydrogen) atoms. The van der Waals surface area contributed by atoms with Gasteiger partial charge in [0.15, 0.2) is 5.65 Å². The number of hydrogen-bond donors (Lipinski definition) is 1. The minimum Gasteiger partial charge on any atom is -0.267 e. The van der Waals surface area contributed by atoms with E-state index in [0.29, 0.717) is 16.7 Å². The van der Waals surface area contributed by atoms with Gasteiger partial charge >= 0.3 is 0 Å². The third-order valence-corrected chi connectivity index (χ3v) is 4.11. The largest absolute Gasteiger partial charge is 0.274 e. The lowest BCUT2D eigenvalue weighted by Crippen LogP contribution is -2.06. The molecule has 1 aliphatic carbocycles. The van der Waals surface area contributed by atoms with Crippen molar-refractivity contribution >= 4 is 16.6 Å². The van der Waals surface area contributed by atoms with Gasteiger partial charge in [-0.1, -0.05) is 6.58 Å². The molecule has 0 unspecified atom stereocenters. The fourth-order valence-corrected chi connectivity index (χ4v) is 2.97. The molecule has 1 aromatic carbocycles. The lowest BCUT2D eigenvalue weighted by molar-refractivity contribution is 0.627. The zero-order valence-corrected chi connectivity index (χ0v) is 11.9. The Morgan fingerprint density at radius 2 is 2.00 bits per heavy atom. The summed E-state index contributed by atoms with van der Waals surface area (Å²) in [6.45, 7) is 4.07. The molecule has 0 fully saturated rings. The van der Waals surface area contributed by atoms with E-state index in [1.54, 1.807) is 16.8 Å². The van der Waals surface area contributed by atoms with E-state index in [-0.39, 0.29) is 11.4 Å². The second-order valence-electron chi connectivity index (χ2n) is 5.56. The first-order chi connectivity index (χ1) is 10.6. The third kappa shape index (κ3) is 1.89. The van der Waals surface area contributed by atoms with Crippen LogP contribution >= 0.6 is 0 Å².